The van der Waals surface area contributed by atoms with Gasteiger partial charge in [-0.15, -0.1) is 12.6 Å². The number of amides is 2. The Morgan fingerprint density at radius 2 is 2.00 bits per heavy atom. The molecule has 0 atom stereocenters. The van der Waals surface area contributed by atoms with Crippen molar-refractivity contribution in [3.63, 3.8) is 0 Å². The Bertz CT molecular complexity index is 542. The van der Waals surface area contributed by atoms with E-state index in [0.29, 0.717) is 30.2 Å². The highest BCUT2D eigenvalue weighted by Crippen LogP contribution is 2.16. The molecule has 0 spiro atoms. The molecule has 1 aliphatic rings. The third kappa shape index (κ3) is 5.16. The Morgan fingerprint density at radius 1 is 1.30 bits per heavy atom. The molecule has 0 aliphatic carbocycles. The van der Waals surface area contributed by atoms with Gasteiger partial charge in [-0.05, 0) is 31.4 Å². The Morgan fingerprint density at radius 3 is 2.65 bits per heavy atom. The smallest absolute Gasteiger partial charge is 0.409 e. The maximum atomic E-state index is 12.3. The van der Waals surface area contributed by atoms with Crippen molar-refractivity contribution in [3.8, 4) is 0 Å². The molecule has 2 rings (SSSR count). The monoisotopic (exact) mass is 336 g/mol. The number of hydrogen-bond donors (Lipinski definition) is 2. The molecule has 1 aliphatic heterocycles. The lowest BCUT2D eigenvalue weighted by Crippen LogP contribution is -2.46. The van der Waals surface area contributed by atoms with Crippen molar-refractivity contribution in [2.75, 3.05) is 19.7 Å². The number of carbonyl (C=O) groups excluding carboxylic acids is 2. The van der Waals surface area contributed by atoms with E-state index >= 15 is 0 Å². The molecule has 1 aromatic carbocycles. The zero-order valence-corrected chi connectivity index (χ0v) is 14.4. The van der Waals surface area contributed by atoms with Crippen molar-refractivity contribution in [3.05, 3.63) is 29.8 Å². The summed E-state index contributed by atoms with van der Waals surface area (Å²) in [5, 5.41) is 3.02. The highest BCUT2D eigenvalue weighted by Gasteiger charge is 2.25. The van der Waals surface area contributed by atoms with Crippen molar-refractivity contribution >= 4 is 24.6 Å². The molecule has 0 saturated carbocycles. The Balaban J connectivity index is 1.77. The maximum Gasteiger partial charge on any atom is 0.409 e. The van der Waals surface area contributed by atoms with Crippen molar-refractivity contribution < 1.29 is 14.3 Å². The number of likely N-dealkylation sites (tertiary alicyclic amines) is 1. The van der Waals surface area contributed by atoms with Crippen LogP contribution in [0.25, 0.3) is 0 Å². The molecule has 2 amide bonds. The number of nitrogens with one attached hydrogen (secondary N) is 1. The number of hydrogen-bond acceptors (Lipinski definition) is 4. The van der Waals surface area contributed by atoms with Gasteiger partial charge in [0.05, 0.1) is 12.2 Å². The minimum Gasteiger partial charge on any atom is -0.449 e. The van der Waals surface area contributed by atoms with Gasteiger partial charge in [0.15, 0.2) is 0 Å². The van der Waals surface area contributed by atoms with Gasteiger partial charge < -0.3 is 15.0 Å². The second kappa shape index (κ2) is 8.82. The van der Waals surface area contributed by atoms with E-state index in [1.165, 1.54) is 0 Å². The molecule has 6 heteroatoms. The third-order valence-electron chi connectivity index (χ3n) is 3.96. The van der Waals surface area contributed by atoms with Crippen LogP contribution in [0.15, 0.2) is 29.2 Å². The van der Waals surface area contributed by atoms with Crippen LogP contribution in [0.3, 0.4) is 0 Å². The molecule has 1 aromatic rings. The summed E-state index contributed by atoms with van der Waals surface area (Å²) < 4.78 is 5.21. The molecule has 126 valence electrons. The van der Waals surface area contributed by atoms with E-state index in [1.807, 2.05) is 12.1 Å². The molecule has 0 aromatic heterocycles. The number of piperidine rings is 1. The van der Waals surface area contributed by atoms with E-state index in [1.54, 1.807) is 17.0 Å². The molecule has 5 nitrogen and oxygen atoms in total. The predicted molar refractivity (Wildman–Crippen MR) is 92.0 cm³/mol. The first kappa shape index (κ1) is 17.7. The lowest BCUT2D eigenvalue weighted by molar-refractivity contribution is 0.0835. The fourth-order valence-corrected chi connectivity index (χ4v) is 2.79. The van der Waals surface area contributed by atoms with E-state index in [2.05, 4.69) is 24.9 Å². The average molecular weight is 336 g/mol. The number of nitrogens with zero attached hydrogens (tertiary/aromatic N) is 1. The van der Waals surface area contributed by atoms with Crippen LogP contribution in [0.1, 0.15) is 43.0 Å². The minimum absolute atomic E-state index is 0.0788. The van der Waals surface area contributed by atoms with E-state index in [9.17, 15) is 9.59 Å². The molecule has 1 fully saturated rings. The van der Waals surface area contributed by atoms with Gasteiger partial charge in [0.25, 0.3) is 5.91 Å². The van der Waals surface area contributed by atoms with Crippen LogP contribution in [-0.2, 0) is 4.74 Å². The molecule has 23 heavy (non-hydrogen) atoms. The second-order valence-electron chi connectivity index (χ2n) is 5.72. The van der Waals surface area contributed by atoms with Crippen molar-refractivity contribution in [1.29, 1.82) is 0 Å². The van der Waals surface area contributed by atoms with E-state index in [-0.39, 0.29) is 18.0 Å². The predicted octanol–water partition coefficient (Wildman–Crippen LogP) is 3.11. The Hall–Kier alpha value is -1.69. The molecule has 0 bridgehead atoms. The fraction of sp³-hybridized carbons (Fsp3) is 0.529. The van der Waals surface area contributed by atoms with Gasteiger partial charge in [0.1, 0.15) is 0 Å². The van der Waals surface area contributed by atoms with Crippen LogP contribution >= 0.6 is 12.6 Å². The van der Waals surface area contributed by atoms with Gasteiger partial charge >= 0.3 is 6.09 Å². The van der Waals surface area contributed by atoms with E-state index in [0.717, 1.165) is 25.7 Å². The second-order valence-corrected chi connectivity index (χ2v) is 6.20. The molecular formula is C17H24N2O3S. The van der Waals surface area contributed by atoms with Gasteiger partial charge in [-0.2, -0.15) is 0 Å². The lowest BCUT2D eigenvalue weighted by atomic mass is 10.0. The number of benzene rings is 1. The van der Waals surface area contributed by atoms with E-state index in [4.69, 9.17) is 4.74 Å². The zero-order chi connectivity index (χ0) is 16.7. The van der Waals surface area contributed by atoms with Gasteiger partial charge in [0.2, 0.25) is 0 Å². The van der Waals surface area contributed by atoms with Crippen molar-refractivity contribution in [2.24, 2.45) is 0 Å². The fourth-order valence-electron chi connectivity index (χ4n) is 2.53. The zero-order valence-electron chi connectivity index (χ0n) is 13.5. The Labute approximate surface area is 142 Å². The average Bonchev–Trinajstić information content (AvgIpc) is 2.56. The van der Waals surface area contributed by atoms with Crippen molar-refractivity contribution in [1.82, 2.24) is 10.2 Å². The summed E-state index contributed by atoms with van der Waals surface area (Å²) in [5.74, 6) is -0.112. The van der Waals surface area contributed by atoms with Gasteiger partial charge in [-0.3, -0.25) is 4.79 Å². The van der Waals surface area contributed by atoms with Gasteiger partial charge in [-0.1, -0.05) is 25.5 Å². The maximum absolute atomic E-state index is 12.3. The molecular weight excluding hydrogens is 312 g/mol. The minimum atomic E-state index is -0.246. The first-order valence-electron chi connectivity index (χ1n) is 8.12. The summed E-state index contributed by atoms with van der Waals surface area (Å²) in [7, 11) is 0. The summed E-state index contributed by atoms with van der Waals surface area (Å²) in [4.78, 5) is 26.5. The molecule has 0 radical (unpaired) electrons. The van der Waals surface area contributed by atoms with Crippen LogP contribution in [0, 0.1) is 0 Å². The SMILES string of the molecule is CCCCOC(=O)N1CCC(NC(=O)c2ccccc2S)CC1. The topological polar surface area (TPSA) is 58.6 Å². The van der Waals surface area contributed by atoms with Crippen LogP contribution < -0.4 is 5.32 Å². The summed E-state index contributed by atoms with van der Waals surface area (Å²) in [6, 6.07) is 7.31. The highest BCUT2D eigenvalue weighted by atomic mass is 32.1. The lowest BCUT2D eigenvalue weighted by Gasteiger charge is -2.31. The number of ether oxygens (including phenoxy) is 1. The summed E-state index contributed by atoms with van der Waals surface area (Å²) in [5.41, 5.74) is 0.581. The Kier molecular flexibility index (Phi) is 6.77. The van der Waals surface area contributed by atoms with Crippen LogP contribution in [0.5, 0.6) is 0 Å². The highest BCUT2D eigenvalue weighted by molar-refractivity contribution is 7.80. The van der Waals surface area contributed by atoms with E-state index < -0.39 is 0 Å². The number of unbranched alkanes of at least 4 members (excludes halogenated alkanes) is 1. The molecule has 1 heterocycles. The van der Waals surface area contributed by atoms with Crippen molar-refractivity contribution in [2.45, 2.75) is 43.5 Å². The molecule has 0 unspecified atom stereocenters. The molecule has 1 saturated heterocycles. The summed E-state index contributed by atoms with van der Waals surface area (Å²) in [6.07, 6.45) is 3.13. The summed E-state index contributed by atoms with van der Waals surface area (Å²) >= 11 is 4.31. The van der Waals surface area contributed by atoms with Gasteiger partial charge in [0, 0.05) is 24.0 Å². The normalized spacial score (nSPS) is 15.3. The largest absolute Gasteiger partial charge is 0.449 e. The number of carbonyl (C=O) groups is 2. The first-order valence-corrected chi connectivity index (χ1v) is 8.57. The molecule has 1 N–H and O–H groups in total. The van der Waals surface area contributed by atoms with Crippen LogP contribution in [-0.4, -0.2) is 42.6 Å². The van der Waals surface area contributed by atoms with Gasteiger partial charge in [-0.25, -0.2) is 4.79 Å². The quantitative estimate of drug-likeness (QED) is 0.642. The number of rotatable bonds is 5. The van der Waals surface area contributed by atoms with Crippen LogP contribution in [0.2, 0.25) is 0 Å². The number of thiol groups is 1. The standard InChI is InChI=1S/C17H24N2O3S/c1-2-3-12-22-17(21)19-10-8-13(9-11-19)18-16(20)14-6-4-5-7-15(14)23/h4-7,13,23H,2-3,8-12H2,1H3,(H,18,20). The first-order chi connectivity index (χ1) is 11.1. The van der Waals surface area contributed by atoms with Crippen LogP contribution in [0.4, 0.5) is 4.79 Å². The summed E-state index contributed by atoms with van der Waals surface area (Å²) in [6.45, 7) is 3.76. The third-order valence-corrected chi connectivity index (χ3v) is 4.35.